The highest BCUT2D eigenvalue weighted by Gasteiger charge is 2.39. The van der Waals surface area contributed by atoms with Crippen molar-refractivity contribution in [1.29, 1.82) is 0 Å². The molecule has 1 aliphatic carbocycles. The number of piperazine rings is 1. The van der Waals surface area contributed by atoms with Gasteiger partial charge in [-0.3, -0.25) is 9.69 Å². The van der Waals surface area contributed by atoms with Crippen molar-refractivity contribution in [3.05, 3.63) is 0 Å². The van der Waals surface area contributed by atoms with Crippen LogP contribution in [0.2, 0.25) is 0 Å². The first-order valence-electron chi connectivity index (χ1n) is 7.47. The molecule has 2 saturated heterocycles. The number of nitrogens with zero attached hydrogens (tertiary/aromatic N) is 2. The highest BCUT2D eigenvalue weighted by molar-refractivity contribution is 5.83. The summed E-state index contributed by atoms with van der Waals surface area (Å²) in [6.07, 6.45) is 6.26. The van der Waals surface area contributed by atoms with Gasteiger partial charge in [0.25, 0.3) is 0 Å². The van der Waals surface area contributed by atoms with E-state index in [2.05, 4.69) is 22.2 Å². The summed E-state index contributed by atoms with van der Waals surface area (Å²) < 4.78 is 0. The molecule has 0 radical (unpaired) electrons. The largest absolute Gasteiger partial charge is 0.352 e. The molecule has 0 bridgehead atoms. The molecule has 0 aromatic carbocycles. The topological polar surface area (TPSA) is 35.6 Å². The second-order valence-electron chi connectivity index (χ2n) is 6.25. The van der Waals surface area contributed by atoms with Crippen LogP contribution < -0.4 is 5.32 Å². The van der Waals surface area contributed by atoms with E-state index in [0.29, 0.717) is 11.9 Å². The van der Waals surface area contributed by atoms with Gasteiger partial charge in [-0.15, -0.1) is 0 Å². The summed E-state index contributed by atoms with van der Waals surface area (Å²) in [6, 6.07) is 0.632. The number of amides is 1. The second-order valence-corrected chi connectivity index (χ2v) is 6.25. The Bertz CT molecular complexity index is 312. The van der Waals surface area contributed by atoms with Crippen LogP contribution in [0.1, 0.15) is 32.1 Å². The summed E-state index contributed by atoms with van der Waals surface area (Å²) in [5.41, 5.74) is 0. The molecule has 3 atom stereocenters. The maximum absolute atomic E-state index is 12.3. The van der Waals surface area contributed by atoms with Gasteiger partial charge in [-0.25, -0.2) is 0 Å². The predicted molar refractivity (Wildman–Crippen MR) is 71.4 cm³/mol. The fraction of sp³-hybridized carbons (Fsp3) is 0.929. The van der Waals surface area contributed by atoms with Gasteiger partial charge in [0.1, 0.15) is 0 Å². The van der Waals surface area contributed by atoms with Crippen molar-refractivity contribution in [2.24, 2.45) is 5.92 Å². The predicted octanol–water partition coefficient (Wildman–Crippen LogP) is 0.681. The van der Waals surface area contributed by atoms with Gasteiger partial charge < -0.3 is 10.2 Å². The van der Waals surface area contributed by atoms with Gasteiger partial charge in [-0.05, 0) is 32.2 Å². The highest BCUT2D eigenvalue weighted by atomic mass is 16.2. The van der Waals surface area contributed by atoms with E-state index in [4.69, 9.17) is 0 Å². The Morgan fingerprint density at radius 1 is 1.11 bits per heavy atom. The summed E-state index contributed by atoms with van der Waals surface area (Å²) in [5, 5.41) is 3.28. The third kappa shape index (κ3) is 2.41. The van der Waals surface area contributed by atoms with E-state index >= 15 is 0 Å². The van der Waals surface area contributed by atoms with Crippen molar-refractivity contribution in [3.63, 3.8) is 0 Å². The van der Waals surface area contributed by atoms with Crippen molar-refractivity contribution in [1.82, 2.24) is 15.1 Å². The lowest BCUT2D eigenvalue weighted by molar-refractivity contribution is -0.132. The number of likely N-dealkylation sites (N-methyl/N-ethyl adjacent to an activating group) is 1. The molecule has 102 valence electrons. The fourth-order valence-corrected chi connectivity index (χ4v) is 3.80. The molecule has 4 nitrogen and oxygen atoms in total. The van der Waals surface area contributed by atoms with Crippen molar-refractivity contribution in [2.75, 3.05) is 33.2 Å². The van der Waals surface area contributed by atoms with Gasteiger partial charge in [0, 0.05) is 32.2 Å². The maximum atomic E-state index is 12.3. The van der Waals surface area contributed by atoms with Crippen LogP contribution >= 0.6 is 0 Å². The van der Waals surface area contributed by atoms with Gasteiger partial charge >= 0.3 is 0 Å². The Labute approximate surface area is 110 Å². The van der Waals surface area contributed by atoms with E-state index in [0.717, 1.165) is 38.5 Å². The zero-order chi connectivity index (χ0) is 12.5. The quantitative estimate of drug-likeness (QED) is 0.744. The van der Waals surface area contributed by atoms with Crippen LogP contribution in [0, 0.1) is 5.92 Å². The first kappa shape index (κ1) is 12.4. The van der Waals surface area contributed by atoms with Crippen LogP contribution in [-0.2, 0) is 4.79 Å². The van der Waals surface area contributed by atoms with Gasteiger partial charge in [0.2, 0.25) is 5.91 Å². The first-order valence-corrected chi connectivity index (χ1v) is 7.47. The molecule has 2 heterocycles. The van der Waals surface area contributed by atoms with E-state index in [1.54, 1.807) is 0 Å². The Hall–Kier alpha value is -0.610. The molecule has 1 N–H and O–H groups in total. The molecule has 2 aliphatic heterocycles. The molecule has 1 amide bonds. The van der Waals surface area contributed by atoms with Crippen LogP contribution in [0.5, 0.6) is 0 Å². The van der Waals surface area contributed by atoms with Crippen molar-refractivity contribution in [2.45, 2.75) is 44.2 Å². The third-order valence-electron chi connectivity index (χ3n) is 5.04. The number of carbonyl (C=O) groups is 1. The summed E-state index contributed by atoms with van der Waals surface area (Å²) >= 11 is 0. The highest BCUT2D eigenvalue weighted by Crippen LogP contribution is 2.32. The summed E-state index contributed by atoms with van der Waals surface area (Å²) in [7, 11) is 2.16. The normalized spacial score (nSPS) is 39.2. The van der Waals surface area contributed by atoms with Crippen LogP contribution in [0.4, 0.5) is 0 Å². The van der Waals surface area contributed by atoms with Gasteiger partial charge in [0.15, 0.2) is 0 Å². The number of fused-ring (bicyclic) bond motifs is 1. The van der Waals surface area contributed by atoms with E-state index in [1.165, 1.54) is 25.7 Å². The van der Waals surface area contributed by atoms with Gasteiger partial charge in [0.05, 0.1) is 6.04 Å². The number of nitrogens with one attached hydrogen (secondary N) is 1. The zero-order valence-electron chi connectivity index (χ0n) is 11.4. The second kappa shape index (κ2) is 5.17. The molecule has 3 aliphatic rings. The van der Waals surface area contributed by atoms with Crippen molar-refractivity contribution < 1.29 is 4.79 Å². The number of rotatable bonds is 1. The van der Waals surface area contributed by atoms with Crippen LogP contribution in [0.3, 0.4) is 0 Å². The molecule has 0 aromatic heterocycles. The summed E-state index contributed by atoms with van der Waals surface area (Å²) in [4.78, 5) is 17.0. The van der Waals surface area contributed by atoms with Gasteiger partial charge in [-0.2, -0.15) is 0 Å². The molecule has 3 unspecified atom stereocenters. The Balaban J connectivity index is 1.63. The van der Waals surface area contributed by atoms with E-state index in [9.17, 15) is 4.79 Å². The molecule has 1 saturated carbocycles. The molecular weight excluding hydrogens is 226 g/mol. The smallest absolute Gasteiger partial charge is 0.237 e. The fourth-order valence-electron chi connectivity index (χ4n) is 3.80. The number of hydrogen-bond acceptors (Lipinski definition) is 3. The van der Waals surface area contributed by atoms with Crippen LogP contribution in [0.25, 0.3) is 0 Å². The number of carbonyl (C=O) groups excluding carboxylic acids is 1. The number of piperidine rings is 1. The molecule has 0 aromatic rings. The molecule has 3 rings (SSSR count). The average molecular weight is 251 g/mol. The Morgan fingerprint density at radius 2 is 1.83 bits per heavy atom. The standard InChI is InChI=1S/C14H25N3O/c1-16-6-8-17(9-7-16)13-10-11-4-2-3-5-12(11)15-14(13)18/h11-13H,2-10H2,1H3,(H,15,18). The number of hydrogen-bond donors (Lipinski definition) is 1. The maximum Gasteiger partial charge on any atom is 0.237 e. The van der Waals surface area contributed by atoms with Crippen molar-refractivity contribution in [3.8, 4) is 0 Å². The molecule has 0 spiro atoms. The minimum atomic E-state index is 0.151. The van der Waals surface area contributed by atoms with Crippen LogP contribution in [-0.4, -0.2) is 61.0 Å². The molecule has 4 heteroatoms. The SMILES string of the molecule is CN1CCN(C2CC3CCCCC3NC2=O)CC1. The Morgan fingerprint density at radius 3 is 2.61 bits per heavy atom. The lowest BCUT2D eigenvalue weighted by Gasteiger charge is -2.45. The lowest BCUT2D eigenvalue weighted by Crippen LogP contribution is -2.61. The van der Waals surface area contributed by atoms with Gasteiger partial charge in [-0.1, -0.05) is 12.8 Å². The molecule has 18 heavy (non-hydrogen) atoms. The van der Waals surface area contributed by atoms with E-state index in [1.807, 2.05) is 0 Å². The lowest BCUT2D eigenvalue weighted by atomic mass is 9.77. The minimum Gasteiger partial charge on any atom is -0.352 e. The molecular formula is C14H25N3O. The van der Waals surface area contributed by atoms with Crippen molar-refractivity contribution >= 4 is 5.91 Å². The summed E-state index contributed by atoms with van der Waals surface area (Å²) in [6.45, 7) is 4.29. The minimum absolute atomic E-state index is 0.151. The average Bonchev–Trinajstić information content (AvgIpc) is 2.39. The summed E-state index contributed by atoms with van der Waals surface area (Å²) in [5.74, 6) is 1.03. The third-order valence-corrected chi connectivity index (χ3v) is 5.04. The first-order chi connectivity index (χ1) is 8.74. The zero-order valence-corrected chi connectivity index (χ0v) is 11.4. The molecule has 3 fully saturated rings. The monoisotopic (exact) mass is 251 g/mol. The van der Waals surface area contributed by atoms with Crippen LogP contribution in [0.15, 0.2) is 0 Å². The van der Waals surface area contributed by atoms with E-state index < -0.39 is 0 Å². The van der Waals surface area contributed by atoms with E-state index in [-0.39, 0.29) is 6.04 Å². The Kier molecular flexibility index (Phi) is 3.57.